The van der Waals surface area contributed by atoms with Crippen molar-refractivity contribution in [2.75, 3.05) is 4.90 Å². The van der Waals surface area contributed by atoms with Gasteiger partial charge in [-0.3, -0.25) is 19.7 Å². The summed E-state index contributed by atoms with van der Waals surface area (Å²) in [6, 6.07) is 9.80. The number of carbonyl (C=O) groups is 2. The highest BCUT2D eigenvalue weighted by molar-refractivity contribution is 6.43. The van der Waals surface area contributed by atoms with Crippen LogP contribution in [0.15, 0.2) is 59.2 Å². The Balaban J connectivity index is 1.43. The molecule has 2 fully saturated rings. The molecule has 2 aliphatic heterocycles. The minimum absolute atomic E-state index is 0.178. The summed E-state index contributed by atoms with van der Waals surface area (Å²) in [5.41, 5.74) is 3.70. The maximum absolute atomic E-state index is 13.9. The van der Waals surface area contributed by atoms with E-state index in [1.54, 1.807) is 6.07 Å². The van der Waals surface area contributed by atoms with Crippen LogP contribution in [0.5, 0.6) is 5.75 Å². The van der Waals surface area contributed by atoms with E-state index in [9.17, 15) is 34.2 Å². The number of phenolic OH excluding ortho intramolecular Hbond substituents is 1. The van der Waals surface area contributed by atoms with Crippen molar-refractivity contribution in [1.82, 2.24) is 0 Å². The quantitative estimate of drug-likeness (QED) is 0.127. The van der Waals surface area contributed by atoms with E-state index in [2.05, 4.69) is 6.92 Å². The summed E-state index contributed by atoms with van der Waals surface area (Å²) in [6.07, 6.45) is 5.48. The van der Waals surface area contributed by atoms with Crippen LogP contribution >= 0.6 is 0 Å². The number of hydrogen-bond donors (Lipinski definition) is 2. The molecule has 5 rings (SSSR count). The largest absolute Gasteiger partial charge is 0.505 e. The number of fused-ring (bicyclic) bond motifs is 3. The van der Waals surface area contributed by atoms with Gasteiger partial charge in [0.25, 0.3) is 5.69 Å². The van der Waals surface area contributed by atoms with E-state index in [4.69, 9.17) is 4.65 Å². The molecule has 11 heteroatoms. The molecule has 220 valence electrons. The summed E-state index contributed by atoms with van der Waals surface area (Å²) in [5.74, 6) is -3.55. The van der Waals surface area contributed by atoms with Crippen molar-refractivity contribution >= 4 is 36.4 Å². The monoisotopic (exact) mass is 576 g/mol. The SMILES string of the molecule is CCC/C(=C\c1ccc(O)c(F)c1)CC[C@H]1OB(O)C[C@H]2C1=C(CC)C[C@H]1C(=O)N(c3cccc([N+](=O)[O-])c3)C(=O)[C@H]12. The molecule has 1 aliphatic carbocycles. The van der Waals surface area contributed by atoms with Gasteiger partial charge in [0.05, 0.1) is 28.6 Å². The van der Waals surface area contributed by atoms with Crippen LogP contribution in [-0.4, -0.2) is 40.1 Å². The Labute approximate surface area is 244 Å². The van der Waals surface area contributed by atoms with Crippen molar-refractivity contribution in [1.29, 1.82) is 0 Å². The smallest absolute Gasteiger partial charge is 0.455 e. The van der Waals surface area contributed by atoms with Gasteiger partial charge < -0.3 is 14.8 Å². The number of nitro groups is 1. The Morgan fingerprint density at radius 1 is 1.17 bits per heavy atom. The Morgan fingerprint density at radius 2 is 1.95 bits per heavy atom. The van der Waals surface area contributed by atoms with Crippen LogP contribution in [0.4, 0.5) is 15.8 Å². The second kappa shape index (κ2) is 12.2. The third-order valence-electron chi connectivity index (χ3n) is 8.67. The number of allylic oxidation sites excluding steroid dienone is 2. The number of hydrogen-bond acceptors (Lipinski definition) is 7. The molecular weight excluding hydrogens is 542 g/mol. The molecule has 2 aromatic rings. The first-order chi connectivity index (χ1) is 20.1. The molecule has 0 unspecified atom stereocenters. The second-order valence-corrected chi connectivity index (χ2v) is 11.3. The standard InChI is InChI=1S/C31H34BFN2O7/c1-3-6-18(13-19-9-11-26(36)25(33)14-19)10-12-27-28-20(4-2)15-23-29(24(28)17-32(39)42-27)31(38)34(30(23)37)21-7-5-8-22(16-21)35(40)41/h5,7-9,11,13-14,16,23-24,27,29,36,39H,3-4,6,10,12,15,17H2,1-2H3/b18-13+/t23-,24+,27-,29-/m1/s1. The number of amides is 2. The van der Waals surface area contributed by atoms with E-state index in [-0.39, 0.29) is 23.6 Å². The van der Waals surface area contributed by atoms with E-state index in [0.717, 1.165) is 34.5 Å². The number of imide groups is 1. The normalized spacial score (nSPS) is 24.2. The number of nitro benzene ring substituents is 1. The summed E-state index contributed by atoms with van der Waals surface area (Å²) >= 11 is 0. The summed E-state index contributed by atoms with van der Waals surface area (Å²) in [7, 11) is -1.11. The van der Waals surface area contributed by atoms with Crippen molar-refractivity contribution in [2.45, 2.75) is 64.8 Å². The summed E-state index contributed by atoms with van der Waals surface area (Å²) in [4.78, 5) is 39.3. The first-order valence-corrected chi connectivity index (χ1v) is 14.5. The number of phenols is 1. The molecule has 42 heavy (non-hydrogen) atoms. The predicted molar refractivity (Wildman–Crippen MR) is 156 cm³/mol. The van der Waals surface area contributed by atoms with Crippen LogP contribution in [-0.2, 0) is 14.2 Å². The van der Waals surface area contributed by atoms with E-state index in [1.807, 2.05) is 13.0 Å². The summed E-state index contributed by atoms with van der Waals surface area (Å²) in [5, 5.41) is 31.7. The van der Waals surface area contributed by atoms with Crippen molar-refractivity contribution in [3.8, 4) is 5.75 Å². The fourth-order valence-corrected chi connectivity index (χ4v) is 6.86. The van der Waals surface area contributed by atoms with E-state index >= 15 is 0 Å². The molecule has 3 aliphatic rings. The van der Waals surface area contributed by atoms with Crippen LogP contribution in [0.2, 0.25) is 6.32 Å². The molecule has 9 nitrogen and oxygen atoms in total. The van der Waals surface area contributed by atoms with E-state index in [0.29, 0.717) is 31.2 Å². The van der Waals surface area contributed by atoms with Crippen LogP contribution in [0.3, 0.4) is 0 Å². The number of rotatable bonds is 9. The number of halogens is 1. The van der Waals surface area contributed by atoms with Gasteiger partial charge >= 0.3 is 7.12 Å². The zero-order valence-electron chi connectivity index (χ0n) is 23.7. The van der Waals surface area contributed by atoms with Gasteiger partial charge in [-0.25, -0.2) is 9.29 Å². The van der Waals surface area contributed by atoms with Gasteiger partial charge in [0.1, 0.15) is 0 Å². The molecule has 2 amide bonds. The molecule has 0 radical (unpaired) electrons. The van der Waals surface area contributed by atoms with Gasteiger partial charge in [0.15, 0.2) is 11.6 Å². The minimum atomic E-state index is -1.11. The van der Waals surface area contributed by atoms with Crippen molar-refractivity contribution in [3.05, 3.63) is 80.7 Å². The molecule has 2 N–H and O–H groups in total. The van der Waals surface area contributed by atoms with Gasteiger partial charge in [-0.1, -0.05) is 49.6 Å². The highest BCUT2D eigenvalue weighted by atomic mass is 19.1. The highest BCUT2D eigenvalue weighted by Crippen LogP contribution is 2.52. The van der Waals surface area contributed by atoms with Crippen LogP contribution < -0.4 is 4.90 Å². The lowest BCUT2D eigenvalue weighted by molar-refractivity contribution is -0.384. The molecule has 2 saturated heterocycles. The van der Waals surface area contributed by atoms with Gasteiger partial charge in [-0.2, -0.15) is 0 Å². The van der Waals surface area contributed by atoms with Gasteiger partial charge in [-0.15, -0.1) is 0 Å². The average Bonchev–Trinajstić information content (AvgIpc) is 3.22. The molecule has 0 aromatic heterocycles. The lowest BCUT2D eigenvalue weighted by atomic mass is 9.58. The number of carbonyl (C=O) groups excluding carboxylic acids is 2. The summed E-state index contributed by atoms with van der Waals surface area (Å²) < 4.78 is 20.0. The molecule has 4 atom stereocenters. The van der Waals surface area contributed by atoms with Crippen molar-refractivity contribution in [3.63, 3.8) is 0 Å². The third-order valence-corrected chi connectivity index (χ3v) is 8.67. The lowest BCUT2D eigenvalue weighted by Crippen LogP contribution is -2.46. The molecule has 2 heterocycles. The predicted octanol–water partition coefficient (Wildman–Crippen LogP) is 5.81. The number of benzene rings is 2. The Morgan fingerprint density at radius 3 is 2.64 bits per heavy atom. The van der Waals surface area contributed by atoms with Crippen molar-refractivity contribution in [2.24, 2.45) is 17.8 Å². The molecular formula is C31H34BFN2O7. The molecule has 0 saturated carbocycles. The fourth-order valence-electron chi connectivity index (χ4n) is 6.86. The molecule has 0 bridgehead atoms. The zero-order chi connectivity index (χ0) is 30.1. The number of nitrogens with zero attached hydrogens (tertiary/aromatic N) is 2. The van der Waals surface area contributed by atoms with Gasteiger partial charge in [0, 0.05) is 12.1 Å². The Kier molecular flexibility index (Phi) is 8.61. The van der Waals surface area contributed by atoms with Crippen molar-refractivity contribution < 1.29 is 33.7 Å². The Hall–Kier alpha value is -3.83. The maximum atomic E-state index is 13.9. The zero-order valence-corrected chi connectivity index (χ0v) is 23.7. The number of aromatic hydroxyl groups is 1. The molecule has 2 aromatic carbocycles. The van der Waals surface area contributed by atoms with E-state index < -0.39 is 53.4 Å². The van der Waals surface area contributed by atoms with Gasteiger partial charge in [-0.05, 0) is 73.7 Å². The minimum Gasteiger partial charge on any atom is -0.505 e. The highest BCUT2D eigenvalue weighted by Gasteiger charge is 2.57. The second-order valence-electron chi connectivity index (χ2n) is 11.3. The Bertz CT molecular complexity index is 1470. The van der Waals surface area contributed by atoms with Crippen LogP contribution in [0.25, 0.3) is 6.08 Å². The lowest BCUT2D eigenvalue weighted by Gasteiger charge is -2.43. The third kappa shape index (κ3) is 5.63. The van der Waals surface area contributed by atoms with Crippen LogP contribution in [0.1, 0.15) is 57.9 Å². The van der Waals surface area contributed by atoms with Crippen LogP contribution in [0, 0.1) is 33.7 Å². The van der Waals surface area contributed by atoms with Gasteiger partial charge in [0.2, 0.25) is 11.8 Å². The van der Waals surface area contributed by atoms with E-state index in [1.165, 1.54) is 36.4 Å². The number of anilines is 1. The fraction of sp³-hybridized carbons (Fsp3) is 0.419. The first kappa shape index (κ1) is 29.7. The number of non-ortho nitro benzene ring substituents is 1. The first-order valence-electron chi connectivity index (χ1n) is 14.5. The average molecular weight is 576 g/mol. The molecule has 0 spiro atoms. The maximum Gasteiger partial charge on any atom is 0.455 e. The topological polar surface area (TPSA) is 130 Å². The summed E-state index contributed by atoms with van der Waals surface area (Å²) in [6.45, 7) is 4.06.